The number of benzene rings is 1. The molecule has 0 bridgehead atoms. The van der Waals surface area contributed by atoms with E-state index in [4.69, 9.17) is 4.74 Å². The van der Waals surface area contributed by atoms with E-state index in [1.807, 2.05) is 23.9 Å². The van der Waals surface area contributed by atoms with Crippen LogP contribution in [-0.4, -0.2) is 23.1 Å². The van der Waals surface area contributed by atoms with E-state index in [0.717, 1.165) is 18.6 Å². The minimum Gasteiger partial charge on any atom is -0.389 e. The Balaban J connectivity index is 1.99. The lowest BCUT2D eigenvalue weighted by Gasteiger charge is -2.13. The van der Waals surface area contributed by atoms with Crippen LogP contribution in [0.25, 0.3) is 0 Å². The van der Waals surface area contributed by atoms with Crippen molar-refractivity contribution in [3.8, 4) is 0 Å². The smallest absolute Gasteiger partial charge is 0.0761 e. The lowest BCUT2D eigenvalue weighted by molar-refractivity contribution is 0.127. The maximum atomic E-state index is 9.41. The second-order valence-electron chi connectivity index (χ2n) is 4.27. The SMILES string of the molecule is CC1OCCC1Sc1ccc([C@@H](C)O)cc1. The molecule has 3 heteroatoms. The summed E-state index contributed by atoms with van der Waals surface area (Å²) < 4.78 is 5.54. The molecule has 0 amide bonds. The maximum absolute atomic E-state index is 9.41. The highest BCUT2D eigenvalue weighted by Gasteiger charge is 2.24. The third kappa shape index (κ3) is 2.78. The van der Waals surface area contributed by atoms with Crippen molar-refractivity contribution in [1.29, 1.82) is 0 Å². The molecule has 16 heavy (non-hydrogen) atoms. The molecule has 1 N–H and O–H groups in total. The molecule has 0 saturated carbocycles. The first-order chi connectivity index (χ1) is 7.66. The van der Waals surface area contributed by atoms with Crippen LogP contribution in [0.5, 0.6) is 0 Å². The van der Waals surface area contributed by atoms with Gasteiger partial charge in [-0.2, -0.15) is 0 Å². The summed E-state index contributed by atoms with van der Waals surface area (Å²) in [6.07, 6.45) is 1.10. The Bertz CT molecular complexity index is 334. The Labute approximate surface area is 101 Å². The van der Waals surface area contributed by atoms with Crippen molar-refractivity contribution in [1.82, 2.24) is 0 Å². The van der Waals surface area contributed by atoms with Crippen LogP contribution < -0.4 is 0 Å². The fraction of sp³-hybridized carbons (Fsp3) is 0.538. The third-order valence-corrected chi connectivity index (χ3v) is 4.42. The number of hydrogen-bond acceptors (Lipinski definition) is 3. The van der Waals surface area contributed by atoms with Crippen molar-refractivity contribution < 1.29 is 9.84 Å². The molecule has 0 radical (unpaired) electrons. The summed E-state index contributed by atoms with van der Waals surface area (Å²) in [6, 6.07) is 8.15. The van der Waals surface area contributed by atoms with Crippen LogP contribution in [-0.2, 0) is 4.74 Å². The summed E-state index contributed by atoms with van der Waals surface area (Å²) in [5.41, 5.74) is 0.972. The Morgan fingerprint density at radius 3 is 2.56 bits per heavy atom. The molecule has 1 saturated heterocycles. The van der Waals surface area contributed by atoms with Gasteiger partial charge in [0.15, 0.2) is 0 Å². The van der Waals surface area contributed by atoms with E-state index in [0.29, 0.717) is 11.4 Å². The average molecular weight is 238 g/mol. The van der Waals surface area contributed by atoms with Gasteiger partial charge in [-0.05, 0) is 38.0 Å². The molecule has 2 rings (SSSR count). The topological polar surface area (TPSA) is 29.5 Å². The summed E-state index contributed by atoms with van der Waals surface area (Å²) in [5, 5.41) is 9.98. The molecule has 3 atom stereocenters. The van der Waals surface area contributed by atoms with Crippen molar-refractivity contribution >= 4 is 11.8 Å². The summed E-state index contributed by atoms with van der Waals surface area (Å²) in [4.78, 5) is 1.26. The Kier molecular flexibility index (Phi) is 3.90. The van der Waals surface area contributed by atoms with E-state index < -0.39 is 0 Å². The molecule has 0 aliphatic carbocycles. The number of aliphatic hydroxyl groups excluding tert-OH is 1. The first kappa shape index (κ1) is 12.0. The Morgan fingerprint density at radius 2 is 2.06 bits per heavy atom. The molecular formula is C13H18O2S. The van der Waals surface area contributed by atoms with E-state index in [-0.39, 0.29) is 6.10 Å². The van der Waals surface area contributed by atoms with E-state index >= 15 is 0 Å². The van der Waals surface area contributed by atoms with E-state index in [9.17, 15) is 5.11 Å². The minimum atomic E-state index is -0.382. The molecule has 1 aromatic rings. The first-order valence-corrected chi connectivity index (χ1v) is 6.61. The van der Waals surface area contributed by atoms with Gasteiger partial charge in [-0.15, -0.1) is 11.8 Å². The van der Waals surface area contributed by atoms with Gasteiger partial charge in [-0.1, -0.05) is 12.1 Å². The maximum Gasteiger partial charge on any atom is 0.0761 e. The second kappa shape index (κ2) is 5.21. The van der Waals surface area contributed by atoms with Crippen molar-refractivity contribution in [3.63, 3.8) is 0 Å². The van der Waals surface area contributed by atoms with Crippen molar-refractivity contribution in [2.24, 2.45) is 0 Å². The second-order valence-corrected chi connectivity index (χ2v) is 5.58. The number of rotatable bonds is 3. The number of thioether (sulfide) groups is 1. The summed E-state index contributed by atoms with van der Waals surface area (Å²) in [6.45, 7) is 4.80. The molecular weight excluding hydrogens is 220 g/mol. The predicted octanol–water partition coefficient (Wildman–Crippen LogP) is 3.01. The third-order valence-electron chi connectivity index (χ3n) is 2.96. The van der Waals surface area contributed by atoms with Crippen molar-refractivity contribution in [2.45, 2.75) is 42.6 Å². The van der Waals surface area contributed by atoms with Gasteiger partial charge in [-0.3, -0.25) is 0 Å². The molecule has 1 aliphatic rings. The van der Waals surface area contributed by atoms with Gasteiger partial charge < -0.3 is 9.84 Å². The molecule has 0 aromatic heterocycles. The monoisotopic (exact) mass is 238 g/mol. The van der Waals surface area contributed by atoms with Gasteiger partial charge in [0.05, 0.1) is 12.2 Å². The molecule has 0 spiro atoms. The summed E-state index contributed by atoms with van der Waals surface area (Å²) in [7, 11) is 0. The van der Waals surface area contributed by atoms with Gasteiger partial charge in [0.2, 0.25) is 0 Å². The molecule has 1 aromatic carbocycles. The summed E-state index contributed by atoms with van der Waals surface area (Å²) >= 11 is 1.87. The summed E-state index contributed by atoms with van der Waals surface area (Å²) in [5.74, 6) is 0. The highest BCUT2D eigenvalue weighted by atomic mass is 32.2. The van der Waals surface area contributed by atoms with Crippen LogP contribution >= 0.6 is 11.8 Å². The highest BCUT2D eigenvalue weighted by Crippen LogP contribution is 2.32. The number of ether oxygens (including phenoxy) is 1. The fourth-order valence-electron chi connectivity index (χ4n) is 1.87. The van der Waals surface area contributed by atoms with Gasteiger partial charge >= 0.3 is 0 Å². The highest BCUT2D eigenvalue weighted by molar-refractivity contribution is 8.00. The first-order valence-electron chi connectivity index (χ1n) is 5.73. The number of hydrogen-bond donors (Lipinski definition) is 1. The molecule has 88 valence electrons. The van der Waals surface area contributed by atoms with Gasteiger partial charge in [0.25, 0.3) is 0 Å². The van der Waals surface area contributed by atoms with Crippen molar-refractivity contribution in [3.05, 3.63) is 29.8 Å². The van der Waals surface area contributed by atoms with Crippen LogP contribution in [0.1, 0.15) is 31.9 Å². The lowest BCUT2D eigenvalue weighted by Crippen LogP contribution is -2.12. The van der Waals surface area contributed by atoms with Gasteiger partial charge in [-0.25, -0.2) is 0 Å². The molecule has 1 aliphatic heterocycles. The fourth-order valence-corrected chi connectivity index (χ4v) is 2.99. The number of aliphatic hydroxyl groups is 1. The Morgan fingerprint density at radius 1 is 1.38 bits per heavy atom. The standard InChI is InChI=1S/C13H18O2S/c1-9(14)11-3-5-12(6-4-11)16-13-7-8-15-10(13)2/h3-6,9-10,13-14H,7-8H2,1-2H3/t9-,10?,13?/m1/s1. The predicted molar refractivity (Wildman–Crippen MR) is 66.8 cm³/mol. The quantitative estimate of drug-likeness (QED) is 0.877. The zero-order valence-corrected chi connectivity index (χ0v) is 10.5. The lowest BCUT2D eigenvalue weighted by atomic mass is 10.1. The van der Waals surface area contributed by atoms with Gasteiger partial charge in [0, 0.05) is 16.8 Å². The minimum absolute atomic E-state index is 0.349. The van der Waals surface area contributed by atoms with Crippen LogP contribution in [0.2, 0.25) is 0 Å². The molecule has 2 unspecified atom stereocenters. The van der Waals surface area contributed by atoms with E-state index in [2.05, 4.69) is 19.1 Å². The van der Waals surface area contributed by atoms with Crippen LogP contribution in [0, 0.1) is 0 Å². The van der Waals surface area contributed by atoms with Crippen LogP contribution in [0.3, 0.4) is 0 Å². The molecule has 1 heterocycles. The van der Waals surface area contributed by atoms with Crippen LogP contribution in [0.15, 0.2) is 29.2 Å². The van der Waals surface area contributed by atoms with Gasteiger partial charge in [0.1, 0.15) is 0 Å². The zero-order chi connectivity index (χ0) is 11.5. The normalized spacial score (nSPS) is 26.9. The van der Waals surface area contributed by atoms with E-state index in [1.165, 1.54) is 4.90 Å². The zero-order valence-electron chi connectivity index (χ0n) is 9.72. The Hall–Kier alpha value is -0.510. The van der Waals surface area contributed by atoms with E-state index in [1.54, 1.807) is 6.92 Å². The van der Waals surface area contributed by atoms with Crippen molar-refractivity contribution in [2.75, 3.05) is 6.61 Å². The van der Waals surface area contributed by atoms with Crippen LogP contribution in [0.4, 0.5) is 0 Å². The molecule has 2 nitrogen and oxygen atoms in total. The largest absolute Gasteiger partial charge is 0.389 e. The average Bonchev–Trinajstić information content (AvgIpc) is 2.65. The molecule has 1 fully saturated rings.